The Morgan fingerprint density at radius 1 is 0.895 bits per heavy atom. The van der Waals surface area contributed by atoms with Crippen LogP contribution in [0.4, 0.5) is 0 Å². The van der Waals surface area contributed by atoms with E-state index >= 15 is 0 Å². The van der Waals surface area contributed by atoms with Crippen molar-refractivity contribution in [1.29, 1.82) is 0 Å². The van der Waals surface area contributed by atoms with Gasteiger partial charge in [-0.15, -0.1) is 23.5 Å². The molecule has 0 bridgehead atoms. The molecule has 0 saturated carbocycles. The molecule has 2 unspecified atom stereocenters. The van der Waals surface area contributed by atoms with Gasteiger partial charge in [0.1, 0.15) is 0 Å². The predicted molar refractivity (Wildman–Crippen MR) is 104 cm³/mol. The van der Waals surface area contributed by atoms with Gasteiger partial charge in [0.2, 0.25) is 0 Å². The number of rotatable bonds is 6. The largest absolute Gasteiger partial charge is 2.00 e. The van der Waals surface area contributed by atoms with Crippen LogP contribution in [0.3, 0.4) is 0 Å². The summed E-state index contributed by atoms with van der Waals surface area (Å²) in [7, 11) is 0. The van der Waals surface area contributed by atoms with Crippen molar-refractivity contribution in [2.75, 3.05) is 0 Å². The van der Waals surface area contributed by atoms with E-state index in [9.17, 15) is 0 Å². The van der Waals surface area contributed by atoms with E-state index in [-0.39, 0.29) is 19.5 Å². The van der Waals surface area contributed by atoms with Crippen molar-refractivity contribution in [2.24, 2.45) is 0 Å². The average Bonchev–Trinajstić information content (AvgIpc) is 2.16. The number of hydrogen-bond acceptors (Lipinski definition) is 6. The fraction of sp³-hybridized carbons (Fsp3) is 0.833. The van der Waals surface area contributed by atoms with E-state index in [2.05, 4.69) is 27.7 Å². The summed E-state index contributed by atoms with van der Waals surface area (Å²) in [6.45, 7) is 8.66. The zero-order chi connectivity index (χ0) is 14.6. The molecule has 19 heavy (non-hydrogen) atoms. The standard InChI is InChI=1S/2C6H12S3.Zn/c2*1-3-4-5(2)9-6(7)8;/h2*5H,3-4H2,1-2H3,(H,7,8);/q;;+2/p-2. The summed E-state index contributed by atoms with van der Waals surface area (Å²) in [4.78, 5) is 0. The molecule has 0 radical (unpaired) electrons. The third kappa shape index (κ3) is 25.3. The molecule has 0 aliphatic carbocycles. The number of thioether (sulfide) groups is 2. The molecule has 0 heterocycles. The maximum Gasteiger partial charge on any atom is 2.00 e. The minimum Gasteiger partial charge on any atom is -0.422 e. The summed E-state index contributed by atoms with van der Waals surface area (Å²) in [5.74, 6) is 0. The van der Waals surface area contributed by atoms with Crippen LogP contribution < -0.4 is 0 Å². The van der Waals surface area contributed by atoms with Gasteiger partial charge >= 0.3 is 19.5 Å². The fourth-order valence-corrected chi connectivity index (χ4v) is 4.59. The first-order chi connectivity index (χ1) is 8.33. The summed E-state index contributed by atoms with van der Waals surface area (Å²) >= 11 is 22.3. The van der Waals surface area contributed by atoms with Crippen molar-refractivity contribution in [3.8, 4) is 0 Å². The Morgan fingerprint density at radius 2 is 1.16 bits per heavy atom. The van der Waals surface area contributed by atoms with E-state index in [1.807, 2.05) is 0 Å². The molecule has 0 aromatic heterocycles. The molecule has 0 amide bonds. The molecule has 0 aromatic rings. The molecule has 0 fully saturated rings. The quantitative estimate of drug-likeness (QED) is 0.313. The van der Waals surface area contributed by atoms with Crippen LogP contribution in [0.2, 0.25) is 0 Å². The molecule has 0 aliphatic heterocycles. The van der Waals surface area contributed by atoms with Gasteiger partial charge in [-0.05, 0) is 12.8 Å². The summed E-state index contributed by atoms with van der Waals surface area (Å²) in [6.07, 6.45) is 4.85. The van der Waals surface area contributed by atoms with Crippen LogP contribution >= 0.6 is 48.0 Å². The number of thiocarbonyl (C=S) groups is 2. The van der Waals surface area contributed by atoms with Crippen LogP contribution in [-0.4, -0.2) is 17.6 Å². The Labute approximate surface area is 162 Å². The zero-order valence-electron chi connectivity index (χ0n) is 12.1. The SMILES string of the molecule is CCCC(C)SC(=S)[S-].CCCC(C)SC(=S)[S-].[Zn+2]. The minimum absolute atomic E-state index is 0. The van der Waals surface area contributed by atoms with Gasteiger partial charge in [0.25, 0.3) is 0 Å². The summed E-state index contributed by atoms with van der Waals surface area (Å²) in [5, 5.41) is 1.22. The predicted octanol–water partition coefficient (Wildman–Crippen LogP) is 5.48. The average molecular weight is 424 g/mol. The number of hydrogen-bond donors (Lipinski definition) is 0. The zero-order valence-corrected chi connectivity index (χ0v) is 20.0. The Bertz CT molecular complexity index is 210. The van der Waals surface area contributed by atoms with Gasteiger partial charge in [-0.2, -0.15) is 0 Å². The Kier molecular flexibility index (Phi) is 24.5. The monoisotopic (exact) mass is 422 g/mol. The first-order valence-corrected chi connectivity index (χ1v) is 9.47. The van der Waals surface area contributed by atoms with Crippen molar-refractivity contribution in [2.45, 2.75) is 63.9 Å². The van der Waals surface area contributed by atoms with Gasteiger partial charge in [0.15, 0.2) is 0 Å². The summed E-state index contributed by atoms with van der Waals surface area (Å²) in [6, 6.07) is 0. The van der Waals surface area contributed by atoms with E-state index in [1.54, 1.807) is 23.5 Å². The Hall–Kier alpha value is 1.94. The molecular formula is C12H22S6Zn. The fourth-order valence-electron chi connectivity index (χ4n) is 1.26. The molecule has 0 saturated heterocycles. The Balaban J connectivity index is -0.000000256. The van der Waals surface area contributed by atoms with Crippen LogP contribution in [0.25, 0.3) is 0 Å². The van der Waals surface area contributed by atoms with Crippen molar-refractivity contribution in [3.63, 3.8) is 0 Å². The van der Waals surface area contributed by atoms with Gasteiger partial charge in [0.05, 0.1) is 0 Å². The van der Waals surface area contributed by atoms with Crippen LogP contribution in [-0.2, 0) is 44.7 Å². The second-order valence-electron chi connectivity index (χ2n) is 3.93. The van der Waals surface area contributed by atoms with Gasteiger partial charge in [0, 0.05) is 10.5 Å². The van der Waals surface area contributed by atoms with Crippen molar-refractivity contribution < 1.29 is 19.5 Å². The van der Waals surface area contributed by atoms with Crippen LogP contribution in [0.1, 0.15) is 53.4 Å². The second kappa shape index (κ2) is 18.0. The third-order valence-corrected chi connectivity index (χ3v) is 4.80. The van der Waals surface area contributed by atoms with E-state index in [0.29, 0.717) is 17.6 Å². The maximum atomic E-state index is 4.76. The molecule has 0 aromatic carbocycles. The molecule has 0 spiro atoms. The molecular weight excluding hydrogens is 402 g/mol. The van der Waals surface area contributed by atoms with Crippen molar-refractivity contribution in [1.82, 2.24) is 0 Å². The maximum absolute atomic E-state index is 4.76. The molecule has 7 heteroatoms. The van der Waals surface area contributed by atoms with Crippen LogP contribution in [0, 0.1) is 0 Å². The molecule has 0 N–H and O–H groups in total. The van der Waals surface area contributed by atoms with E-state index in [1.165, 1.54) is 25.7 Å². The third-order valence-electron chi connectivity index (χ3n) is 1.99. The van der Waals surface area contributed by atoms with Crippen molar-refractivity contribution >= 4 is 80.3 Å². The van der Waals surface area contributed by atoms with Crippen LogP contribution in [0.15, 0.2) is 0 Å². The molecule has 0 nitrogen and oxygen atoms in total. The first-order valence-electron chi connectivity index (χ1n) is 6.08. The van der Waals surface area contributed by atoms with E-state index < -0.39 is 0 Å². The van der Waals surface area contributed by atoms with Gasteiger partial charge in [-0.3, -0.25) is 0 Å². The normalized spacial score (nSPS) is 12.4. The molecule has 108 valence electrons. The first kappa shape index (κ1) is 25.9. The van der Waals surface area contributed by atoms with Gasteiger partial charge in [-0.25, -0.2) is 0 Å². The second-order valence-corrected chi connectivity index (χ2v) is 10.0. The minimum atomic E-state index is 0. The molecule has 0 rings (SSSR count). The molecule has 0 aliphatic rings. The van der Waals surface area contributed by atoms with Crippen LogP contribution in [0.5, 0.6) is 0 Å². The van der Waals surface area contributed by atoms with Gasteiger partial charge in [-0.1, -0.05) is 47.6 Å². The smallest absolute Gasteiger partial charge is 0.422 e. The van der Waals surface area contributed by atoms with E-state index in [0.717, 1.165) is 0 Å². The Morgan fingerprint density at radius 3 is 1.32 bits per heavy atom. The van der Waals surface area contributed by atoms with Gasteiger partial charge < -0.3 is 49.7 Å². The summed E-state index contributed by atoms with van der Waals surface area (Å²) < 4.78 is 1.30. The molecule has 2 atom stereocenters. The van der Waals surface area contributed by atoms with Crippen molar-refractivity contribution in [3.05, 3.63) is 0 Å². The summed E-state index contributed by atoms with van der Waals surface area (Å²) in [5.41, 5.74) is 0. The van der Waals surface area contributed by atoms with E-state index in [4.69, 9.17) is 49.7 Å². The topological polar surface area (TPSA) is 0 Å².